The Labute approximate surface area is 125 Å². The molecule has 0 saturated heterocycles. The van der Waals surface area contributed by atoms with Crippen LogP contribution in [0.2, 0.25) is 0 Å². The number of nitrogens with one attached hydrogen (secondary N) is 2. The number of hydrogen-bond donors (Lipinski definition) is 3. The molecule has 0 radical (unpaired) electrons. The molecule has 0 unspecified atom stereocenters. The molecule has 6 heteroatoms. The van der Waals surface area contributed by atoms with E-state index in [9.17, 15) is 4.79 Å². The molecule has 1 aromatic carbocycles. The number of nitrogen functional groups attached to an aromatic ring is 1. The number of halogens is 1. The fourth-order valence-electron chi connectivity index (χ4n) is 1.63. The van der Waals surface area contributed by atoms with E-state index in [1.165, 1.54) is 0 Å². The van der Waals surface area contributed by atoms with E-state index in [1.54, 1.807) is 12.3 Å². The standard InChI is InChI=1S/C14H15BrN4O/c15-11-6-12(16)14(18-8-11)19-9-13(20)17-7-10-4-2-1-3-5-10/h1-6,8H,7,9,16H2,(H,17,20)(H,18,19). The lowest BCUT2D eigenvalue weighted by atomic mass is 10.2. The molecule has 0 bridgehead atoms. The monoisotopic (exact) mass is 334 g/mol. The first-order chi connectivity index (χ1) is 9.65. The number of benzene rings is 1. The van der Waals surface area contributed by atoms with Crippen LogP contribution in [0.25, 0.3) is 0 Å². The topological polar surface area (TPSA) is 80.0 Å². The number of carbonyl (C=O) groups excluding carboxylic acids is 1. The Bertz CT molecular complexity index is 589. The summed E-state index contributed by atoms with van der Waals surface area (Å²) >= 11 is 3.28. The lowest BCUT2D eigenvalue weighted by molar-refractivity contribution is -0.119. The van der Waals surface area contributed by atoms with Gasteiger partial charge in [0.2, 0.25) is 5.91 Å². The second kappa shape index (κ2) is 6.91. The number of nitrogens with two attached hydrogens (primary N) is 1. The highest BCUT2D eigenvalue weighted by atomic mass is 79.9. The van der Waals surface area contributed by atoms with Crippen LogP contribution in [-0.2, 0) is 11.3 Å². The van der Waals surface area contributed by atoms with Crippen LogP contribution in [0.4, 0.5) is 11.5 Å². The Morgan fingerprint density at radius 3 is 2.75 bits per heavy atom. The zero-order chi connectivity index (χ0) is 14.4. The molecule has 0 fully saturated rings. The van der Waals surface area contributed by atoms with Crippen molar-refractivity contribution in [1.29, 1.82) is 0 Å². The van der Waals surface area contributed by atoms with Crippen molar-refractivity contribution in [2.45, 2.75) is 6.54 Å². The number of pyridine rings is 1. The average Bonchev–Trinajstić information content (AvgIpc) is 2.45. The van der Waals surface area contributed by atoms with Crippen molar-refractivity contribution in [3.8, 4) is 0 Å². The smallest absolute Gasteiger partial charge is 0.239 e. The number of rotatable bonds is 5. The fourth-order valence-corrected chi connectivity index (χ4v) is 1.97. The molecule has 0 aliphatic rings. The second-order valence-corrected chi connectivity index (χ2v) is 5.12. The molecule has 4 N–H and O–H groups in total. The largest absolute Gasteiger partial charge is 0.396 e. The lowest BCUT2D eigenvalue weighted by Gasteiger charge is -2.09. The first-order valence-electron chi connectivity index (χ1n) is 6.10. The molecule has 1 amide bonds. The summed E-state index contributed by atoms with van der Waals surface area (Å²) in [5.74, 6) is 0.390. The van der Waals surface area contributed by atoms with E-state index in [0.717, 1.165) is 10.0 Å². The highest BCUT2D eigenvalue weighted by Crippen LogP contribution is 2.19. The van der Waals surface area contributed by atoms with Gasteiger partial charge < -0.3 is 16.4 Å². The summed E-state index contributed by atoms with van der Waals surface area (Å²) in [6.07, 6.45) is 1.63. The molecule has 0 saturated carbocycles. The molecule has 5 nitrogen and oxygen atoms in total. The Kier molecular flexibility index (Phi) is 4.95. The van der Waals surface area contributed by atoms with Crippen molar-refractivity contribution in [3.63, 3.8) is 0 Å². The van der Waals surface area contributed by atoms with Crippen LogP contribution in [0.1, 0.15) is 5.56 Å². The Balaban J connectivity index is 1.80. The molecule has 2 rings (SSSR count). The van der Waals surface area contributed by atoms with Gasteiger partial charge in [0.15, 0.2) is 0 Å². The van der Waals surface area contributed by atoms with E-state index in [0.29, 0.717) is 18.1 Å². The maximum absolute atomic E-state index is 11.7. The summed E-state index contributed by atoms with van der Waals surface area (Å²) in [6, 6.07) is 11.5. The highest BCUT2D eigenvalue weighted by molar-refractivity contribution is 9.10. The van der Waals surface area contributed by atoms with Crippen molar-refractivity contribution >= 4 is 33.3 Å². The van der Waals surface area contributed by atoms with Gasteiger partial charge in [0.25, 0.3) is 0 Å². The van der Waals surface area contributed by atoms with Crippen molar-refractivity contribution in [1.82, 2.24) is 10.3 Å². The number of hydrogen-bond acceptors (Lipinski definition) is 4. The van der Waals surface area contributed by atoms with Crippen molar-refractivity contribution in [3.05, 3.63) is 52.6 Å². The van der Waals surface area contributed by atoms with Gasteiger partial charge in [0.05, 0.1) is 12.2 Å². The van der Waals surface area contributed by atoms with E-state index >= 15 is 0 Å². The zero-order valence-corrected chi connectivity index (χ0v) is 12.4. The lowest BCUT2D eigenvalue weighted by Crippen LogP contribution is -2.29. The molecular formula is C14H15BrN4O. The Hall–Kier alpha value is -2.08. The minimum atomic E-state index is -0.113. The van der Waals surface area contributed by atoms with E-state index < -0.39 is 0 Å². The molecule has 2 aromatic rings. The quantitative estimate of drug-likeness (QED) is 0.782. The first-order valence-corrected chi connectivity index (χ1v) is 6.90. The van der Waals surface area contributed by atoms with Crippen LogP contribution in [0.3, 0.4) is 0 Å². The van der Waals surface area contributed by atoms with Crippen LogP contribution in [-0.4, -0.2) is 17.4 Å². The first kappa shape index (κ1) is 14.3. The predicted octanol–water partition coefficient (Wildman–Crippen LogP) is 2.15. The molecule has 0 aliphatic heterocycles. The number of carbonyl (C=O) groups is 1. The maximum Gasteiger partial charge on any atom is 0.239 e. The Morgan fingerprint density at radius 2 is 2.05 bits per heavy atom. The molecule has 0 atom stereocenters. The van der Waals surface area contributed by atoms with Gasteiger partial charge in [0.1, 0.15) is 5.82 Å². The van der Waals surface area contributed by atoms with Gasteiger partial charge in [-0.25, -0.2) is 4.98 Å². The van der Waals surface area contributed by atoms with E-state index in [2.05, 4.69) is 31.5 Å². The molecule has 0 aliphatic carbocycles. The number of nitrogens with zero attached hydrogens (tertiary/aromatic N) is 1. The molecular weight excluding hydrogens is 320 g/mol. The summed E-state index contributed by atoms with van der Waals surface area (Å²) in [7, 11) is 0. The molecule has 20 heavy (non-hydrogen) atoms. The minimum absolute atomic E-state index is 0.113. The fraction of sp³-hybridized carbons (Fsp3) is 0.143. The predicted molar refractivity (Wildman–Crippen MR) is 83.1 cm³/mol. The summed E-state index contributed by atoms with van der Waals surface area (Å²) < 4.78 is 0.800. The number of amides is 1. The highest BCUT2D eigenvalue weighted by Gasteiger charge is 2.05. The van der Waals surface area contributed by atoms with Crippen LogP contribution in [0.15, 0.2) is 47.1 Å². The molecule has 104 valence electrons. The van der Waals surface area contributed by atoms with Crippen LogP contribution >= 0.6 is 15.9 Å². The van der Waals surface area contributed by atoms with Gasteiger partial charge in [0, 0.05) is 17.2 Å². The van der Waals surface area contributed by atoms with E-state index in [-0.39, 0.29) is 12.5 Å². The molecule has 1 aromatic heterocycles. The SMILES string of the molecule is Nc1cc(Br)cnc1NCC(=O)NCc1ccccc1. The second-order valence-electron chi connectivity index (χ2n) is 4.21. The van der Waals surface area contributed by atoms with Crippen LogP contribution in [0, 0.1) is 0 Å². The van der Waals surface area contributed by atoms with Crippen molar-refractivity contribution in [2.75, 3.05) is 17.6 Å². The third-order valence-corrected chi connectivity index (χ3v) is 3.07. The van der Waals surface area contributed by atoms with E-state index in [4.69, 9.17) is 5.73 Å². The maximum atomic E-state index is 11.7. The van der Waals surface area contributed by atoms with Gasteiger partial charge in [-0.15, -0.1) is 0 Å². The normalized spacial score (nSPS) is 10.1. The summed E-state index contributed by atoms with van der Waals surface area (Å²) in [5.41, 5.74) is 7.34. The number of anilines is 2. The van der Waals surface area contributed by atoms with Gasteiger partial charge >= 0.3 is 0 Å². The van der Waals surface area contributed by atoms with Crippen LogP contribution in [0.5, 0.6) is 0 Å². The van der Waals surface area contributed by atoms with Gasteiger partial charge in [-0.05, 0) is 27.6 Å². The third kappa shape index (κ3) is 4.24. The zero-order valence-electron chi connectivity index (χ0n) is 10.8. The minimum Gasteiger partial charge on any atom is -0.396 e. The summed E-state index contributed by atoms with van der Waals surface area (Å²) in [6.45, 7) is 0.635. The average molecular weight is 335 g/mol. The van der Waals surface area contributed by atoms with Crippen molar-refractivity contribution in [2.24, 2.45) is 0 Å². The molecule has 0 spiro atoms. The van der Waals surface area contributed by atoms with Crippen LogP contribution < -0.4 is 16.4 Å². The van der Waals surface area contributed by atoms with Crippen molar-refractivity contribution < 1.29 is 4.79 Å². The Morgan fingerprint density at radius 1 is 1.30 bits per heavy atom. The number of aromatic nitrogens is 1. The third-order valence-electron chi connectivity index (χ3n) is 2.63. The van der Waals surface area contributed by atoms with Gasteiger partial charge in [-0.3, -0.25) is 4.79 Å². The molecule has 1 heterocycles. The van der Waals surface area contributed by atoms with E-state index in [1.807, 2.05) is 30.3 Å². The van der Waals surface area contributed by atoms with Gasteiger partial charge in [-0.2, -0.15) is 0 Å². The summed E-state index contributed by atoms with van der Waals surface area (Å²) in [5, 5.41) is 5.73. The van der Waals surface area contributed by atoms with Gasteiger partial charge in [-0.1, -0.05) is 30.3 Å². The summed E-state index contributed by atoms with van der Waals surface area (Å²) in [4.78, 5) is 15.8.